The van der Waals surface area contributed by atoms with Crippen molar-refractivity contribution >= 4 is 11.7 Å². The molecule has 0 radical (unpaired) electrons. The molecule has 1 aromatic carbocycles. The number of benzene rings is 1. The number of halogens is 2. The molecule has 0 aliphatic rings. The van der Waals surface area contributed by atoms with Gasteiger partial charge >= 0.3 is 5.97 Å². The average Bonchev–Trinajstić information content (AvgIpc) is 2.61. The second kappa shape index (κ2) is 11.5. The van der Waals surface area contributed by atoms with E-state index in [1.807, 2.05) is 13.8 Å². The molecule has 0 aliphatic heterocycles. The van der Waals surface area contributed by atoms with E-state index in [1.165, 1.54) is 0 Å². The molecule has 0 spiro atoms. The third kappa shape index (κ3) is 5.70. The monoisotopic (exact) mass is 367 g/mol. The van der Waals surface area contributed by atoms with Crippen LogP contribution < -0.4 is 0 Å². The maximum absolute atomic E-state index is 14.7. The zero-order valence-corrected chi connectivity index (χ0v) is 15.5. The van der Waals surface area contributed by atoms with Gasteiger partial charge in [-0.3, -0.25) is 0 Å². The predicted octanol–water partition coefficient (Wildman–Crippen LogP) is 6.85. The number of azide groups is 1. The van der Waals surface area contributed by atoms with Gasteiger partial charge in [-0.15, -0.1) is 0 Å². The van der Waals surface area contributed by atoms with Crippen molar-refractivity contribution in [3.05, 3.63) is 38.8 Å². The standard InChI is InChI=1S/C19H27F2N3O2/c1-3-5-7-9-11-13-15(19(25)26)14(12-10-8-6-4-2)17(21)18(16(13)20)23-24-22/h3-12H2,1-2H3,(H,25,26). The second-order valence-corrected chi connectivity index (χ2v) is 6.42. The summed E-state index contributed by atoms with van der Waals surface area (Å²) < 4.78 is 29.4. The Morgan fingerprint density at radius 3 is 1.77 bits per heavy atom. The first kappa shape index (κ1) is 21.9. The highest BCUT2D eigenvalue weighted by Crippen LogP contribution is 2.34. The normalized spacial score (nSPS) is 10.6. The van der Waals surface area contributed by atoms with Crippen LogP contribution in [0.1, 0.15) is 86.7 Å². The molecule has 0 heterocycles. The highest BCUT2D eigenvalue weighted by atomic mass is 19.1. The number of hydrogen-bond acceptors (Lipinski definition) is 2. The molecule has 0 aromatic heterocycles. The van der Waals surface area contributed by atoms with E-state index in [0.717, 1.165) is 38.5 Å². The van der Waals surface area contributed by atoms with Crippen molar-refractivity contribution in [3.63, 3.8) is 0 Å². The lowest BCUT2D eigenvalue weighted by molar-refractivity contribution is 0.0693. The van der Waals surface area contributed by atoms with Gasteiger partial charge in [-0.05, 0) is 31.2 Å². The highest BCUT2D eigenvalue weighted by Gasteiger charge is 2.27. The van der Waals surface area contributed by atoms with Gasteiger partial charge in [0.15, 0.2) is 0 Å². The van der Waals surface area contributed by atoms with E-state index < -0.39 is 23.3 Å². The van der Waals surface area contributed by atoms with Gasteiger partial charge in [0.05, 0.1) is 5.56 Å². The molecule has 0 aliphatic carbocycles. The van der Waals surface area contributed by atoms with Gasteiger partial charge in [0.25, 0.3) is 0 Å². The van der Waals surface area contributed by atoms with Gasteiger partial charge in [0.1, 0.15) is 17.3 Å². The largest absolute Gasteiger partial charge is 0.478 e. The molecule has 144 valence electrons. The van der Waals surface area contributed by atoms with Crippen LogP contribution >= 0.6 is 0 Å². The minimum Gasteiger partial charge on any atom is -0.478 e. The number of aromatic carboxylic acids is 1. The van der Waals surface area contributed by atoms with Crippen molar-refractivity contribution in [1.29, 1.82) is 0 Å². The Morgan fingerprint density at radius 2 is 1.42 bits per heavy atom. The lowest BCUT2D eigenvalue weighted by atomic mass is 9.91. The first-order valence-electron chi connectivity index (χ1n) is 9.30. The van der Waals surface area contributed by atoms with E-state index in [2.05, 4.69) is 10.0 Å². The number of carboxylic acid groups (broad SMARTS) is 1. The number of unbranched alkanes of at least 4 members (excludes halogenated alkanes) is 6. The third-order valence-electron chi connectivity index (χ3n) is 4.47. The summed E-state index contributed by atoms with van der Waals surface area (Å²) in [4.78, 5) is 14.3. The maximum atomic E-state index is 14.7. The van der Waals surface area contributed by atoms with Crippen LogP contribution in [0, 0.1) is 11.6 Å². The van der Waals surface area contributed by atoms with Gasteiger partial charge in [-0.1, -0.05) is 57.5 Å². The predicted molar refractivity (Wildman–Crippen MR) is 97.8 cm³/mol. The van der Waals surface area contributed by atoms with Crippen molar-refractivity contribution in [3.8, 4) is 0 Å². The summed E-state index contributed by atoms with van der Waals surface area (Å²) >= 11 is 0. The van der Waals surface area contributed by atoms with Gasteiger partial charge in [-0.2, -0.15) is 0 Å². The van der Waals surface area contributed by atoms with Crippen LogP contribution in [0.4, 0.5) is 14.5 Å². The topological polar surface area (TPSA) is 86.1 Å². The number of hydrogen-bond donors (Lipinski definition) is 1. The SMILES string of the molecule is CCCCCCc1c(F)c(N=[N+]=[N-])c(F)c(CCCCCC)c1C(=O)O. The molecule has 26 heavy (non-hydrogen) atoms. The van der Waals surface area contributed by atoms with Gasteiger partial charge in [0, 0.05) is 16.0 Å². The smallest absolute Gasteiger partial charge is 0.336 e. The zero-order valence-electron chi connectivity index (χ0n) is 15.5. The number of carbonyl (C=O) groups is 1. The minimum atomic E-state index is -1.34. The molecule has 0 unspecified atom stereocenters. The summed E-state index contributed by atoms with van der Waals surface area (Å²) in [5, 5.41) is 12.7. The van der Waals surface area contributed by atoms with E-state index in [9.17, 15) is 18.7 Å². The summed E-state index contributed by atoms with van der Waals surface area (Å²) in [6.45, 7) is 4.07. The van der Waals surface area contributed by atoms with E-state index in [1.54, 1.807) is 0 Å². The highest BCUT2D eigenvalue weighted by molar-refractivity contribution is 5.92. The van der Waals surface area contributed by atoms with Crippen LogP contribution in [0.5, 0.6) is 0 Å². The second-order valence-electron chi connectivity index (χ2n) is 6.42. The fourth-order valence-corrected chi connectivity index (χ4v) is 3.10. The Bertz CT molecular complexity index is 632. The van der Waals surface area contributed by atoms with Crippen LogP contribution in [-0.2, 0) is 12.8 Å². The first-order valence-corrected chi connectivity index (χ1v) is 9.30. The quantitative estimate of drug-likeness (QED) is 0.189. The Morgan fingerprint density at radius 1 is 0.962 bits per heavy atom. The molecule has 1 aromatic rings. The summed E-state index contributed by atoms with van der Waals surface area (Å²) in [7, 11) is 0. The molecule has 0 amide bonds. The lowest BCUT2D eigenvalue weighted by Gasteiger charge is -2.16. The van der Waals surface area contributed by atoms with Crippen LogP contribution in [0.15, 0.2) is 5.11 Å². The molecule has 5 nitrogen and oxygen atoms in total. The average molecular weight is 367 g/mol. The molecule has 0 fully saturated rings. The van der Waals surface area contributed by atoms with Gasteiger partial charge in [0.2, 0.25) is 0 Å². The summed E-state index contributed by atoms with van der Waals surface area (Å²) in [5.74, 6) is -3.44. The fraction of sp³-hybridized carbons (Fsp3) is 0.632. The summed E-state index contributed by atoms with van der Waals surface area (Å²) in [5.41, 5.74) is 7.51. The maximum Gasteiger partial charge on any atom is 0.336 e. The van der Waals surface area contributed by atoms with Crippen molar-refractivity contribution < 1.29 is 18.7 Å². The molecular weight excluding hydrogens is 340 g/mol. The van der Waals surface area contributed by atoms with E-state index in [-0.39, 0.29) is 29.5 Å². The summed E-state index contributed by atoms with van der Waals surface area (Å²) in [6.07, 6.45) is 7.12. The molecule has 0 atom stereocenters. The minimum absolute atomic E-state index is 0.0529. The molecule has 0 saturated carbocycles. The van der Waals surface area contributed by atoms with E-state index >= 15 is 0 Å². The van der Waals surface area contributed by atoms with Crippen LogP contribution in [-0.4, -0.2) is 11.1 Å². The first-order chi connectivity index (χ1) is 12.5. The third-order valence-corrected chi connectivity index (χ3v) is 4.47. The van der Waals surface area contributed by atoms with Crippen LogP contribution in [0.3, 0.4) is 0 Å². The Balaban J connectivity index is 3.36. The van der Waals surface area contributed by atoms with E-state index in [0.29, 0.717) is 12.8 Å². The Kier molecular flexibility index (Phi) is 9.66. The molecule has 0 saturated heterocycles. The fourth-order valence-electron chi connectivity index (χ4n) is 3.10. The molecule has 0 bridgehead atoms. The zero-order chi connectivity index (χ0) is 19.5. The molecule has 1 rings (SSSR count). The van der Waals surface area contributed by atoms with Crippen LogP contribution in [0.2, 0.25) is 0 Å². The van der Waals surface area contributed by atoms with Crippen LogP contribution in [0.25, 0.3) is 10.4 Å². The van der Waals surface area contributed by atoms with Gasteiger partial charge in [-0.25, -0.2) is 13.6 Å². The Hall–Kier alpha value is -2.14. The number of carboxylic acids is 1. The molecular formula is C19H27F2N3O2. The van der Waals surface area contributed by atoms with Crippen molar-refractivity contribution in [2.45, 2.75) is 78.1 Å². The lowest BCUT2D eigenvalue weighted by Crippen LogP contribution is -2.13. The van der Waals surface area contributed by atoms with Crippen molar-refractivity contribution in [2.24, 2.45) is 5.11 Å². The summed E-state index contributed by atoms with van der Waals surface area (Å²) in [6, 6.07) is 0. The van der Waals surface area contributed by atoms with Crippen molar-refractivity contribution in [1.82, 2.24) is 0 Å². The van der Waals surface area contributed by atoms with E-state index in [4.69, 9.17) is 5.53 Å². The number of nitrogens with zero attached hydrogens (tertiary/aromatic N) is 3. The number of rotatable bonds is 12. The van der Waals surface area contributed by atoms with Crippen molar-refractivity contribution in [2.75, 3.05) is 0 Å². The Labute approximate surface area is 153 Å². The molecule has 7 heteroatoms. The molecule has 1 N–H and O–H groups in total. The van der Waals surface area contributed by atoms with Gasteiger partial charge < -0.3 is 5.11 Å².